The lowest BCUT2D eigenvalue weighted by atomic mass is 10.1. The summed E-state index contributed by atoms with van der Waals surface area (Å²) in [5.41, 5.74) is 7.17. The highest BCUT2D eigenvalue weighted by molar-refractivity contribution is 6.05. The first-order valence-electron chi connectivity index (χ1n) is 4.19. The van der Waals surface area contributed by atoms with E-state index in [4.69, 9.17) is 5.73 Å². The molecule has 2 rings (SSSR count). The van der Waals surface area contributed by atoms with E-state index in [2.05, 4.69) is 10.1 Å². The number of rotatable bonds is 1. The van der Waals surface area contributed by atoms with Gasteiger partial charge in [-0.2, -0.15) is 5.10 Å². The van der Waals surface area contributed by atoms with Gasteiger partial charge in [-0.1, -0.05) is 0 Å². The molecule has 5 heteroatoms. The van der Waals surface area contributed by atoms with E-state index in [0.29, 0.717) is 11.2 Å². The molecule has 0 saturated carbocycles. The van der Waals surface area contributed by atoms with Gasteiger partial charge < -0.3 is 5.73 Å². The summed E-state index contributed by atoms with van der Waals surface area (Å²) in [4.78, 5) is 15.3. The van der Waals surface area contributed by atoms with Crippen LogP contribution in [0.2, 0.25) is 0 Å². The van der Waals surface area contributed by atoms with E-state index < -0.39 is 5.91 Å². The van der Waals surface area contributed by atoms with E-state index in [1.54, 1.807) is 24.0 Å². The molecule has 0 unspecified atom stereocenters. The Kier molecular flexibility index (Phi) is 1.73. The average Bonchev–Trinajstić information content (AvgIpc) is 2.43. The van der Waals surface area contributed by atoms with Crippen LogP contribution in [0.5, 0.6) is 0 Å². The van der Waals surface area contributed by atoms with Crippen LogP contribution < -0.4 is 5.73 Å². The molecule has 2 heterocycles. The predicted octanol–water partition coefficient (Wildman–Crippen LogP) is 0.376. The van der Waals surface area contributed by atoms with Crippen molar-refractivity contribution in [3.63, 3.8) is 0 Å². The Hall–Kier alpha value is -1.91. The van der Waals surface area contributed by atoms with Gasteiger partial charge >= 0.3 is 0 Å². The van der Waals surface area contributed by atoms with Crippen molar-refractivity contribution >= 4 is 16.9 Å². The van der Waals surface area contributed by atoms with E-state index in [0.717, 1.165) is 11.1 Å². The van der Waals surface area contributed by atoms with Crippen molar-refractivity contribution in [2.24, 2.45) is 12.8 Å². The number of aryl methyl sites for hydroxylation is 2. The minimum absolute atomic E-state index is 0.450. The molecule has 14 heavy (non-hydrogen) atoms. The molecule has 5 nitrogen and oxygen atoms in total. The molecule has 0 radical (unpaired) electrons. The van der Waals surface area contributed by atoms with Crippen LogP contribution in [0.1, 0.15) is 16.1 Å². The van der Waals surface area contributed by atoms with Crippen LogP contribution >= 0.6 is 0 Å². The summed E-state index contributed by atoms with van der Waals surface area (Å²) in [6.45, 7) is 1.83. The van der Waals surface area contributed by atoms with Crippen molar-refractivity contribution in [3.8, 4) is 0 Å². The van der Waals surface area contributed by atoms with Crippen molar-refractivity contribution in [2.45, 2.75) is 6.92 Å². The second kappa shape index (κ2) is 2.80. The third-order valence-corrected chi connectivity index (χ3v) is 2.16. The number of amides is 1. The number of aromatic nitrogens is 3. The molecule has 0 aliphatic carbocycles. The normalized spacial score (nSPS) is 10.7. The van der Waals surface area contributed by atoms with Crippen molar-refractivity contribution in [1.29, 1.82) is 0 Å². The van der Waals surface area contributed by atoms with E-state index in [-0.39, 0.29) is 0 Å². The van der Waals surface area contributed by atoms with Gasteiger partial charge in [0.25, 0.3) is 0 Å². The van der Waals surface area contributed by atoms with Crippen molar-refractivity contribution < 1.29 is 4.79 Å². The molecule has 0 aliphatic heterocycles. The monoisotopic (exact) mass is 190 g/mol. The third-order valence-electron chi connectivity index (χ3n) is 2.16. The second-order valence-corrected chi connectivity index (χ2v) is 3.13. The summed E-state index contributed by atoms with van der Waals surface area (Å²) < 4.78 is 1.64. The average molecular weight is 190 g/mol. The van der Waals surface area contributed by atoms with Crippen LogP contribution in [0.15, 0.2) is 12.3 Å². The largest absolute Gasteiger partial charge is 0.366 e. The maximum Gasteiger partial charge on any atom is 0.249 e. The molecule has 0 atom stereocenters. The summed E-state index contributed by atoms with van der Waals surface area (Å²) in [5, 5.41) is 4.92. The maximum atomic E-state index is 11.1. The maximum absolute atomic E-state index is 11.1. The highest BCUT2D eigenvalue weighted by Crippen LogP contribution is 2.18. The summed E-state index contributed by atoms with van der Waals surface area (Å²) in [5.74, 6) is -0.450. The lowest BCUT2D eigenvalue weighted by Gasteiger charge is -1.97. The topological polar surface area (TPSA) is 73.8 Å². The molecule has 0 saturated heterocycles. The number of primary amides is 1. The fraction of sp³-hybridized carbons (Fsp3) is 0.222. The molecule has 0 fully saturated rings. The Morgan fingerprint density at radius 3 is 2.93 bits per heavy atom. The summed E-state index contributed by atoms with van der Waals surface area (Å²) >= 11 is 0. The minimum Gasteiger partial charge on any atom is -0.366 e. The molecule has 72 valence electrons. The molecular weight excluding hydrogens is 180 g/mol. The first-order valence-corrected chi connectivity index (χ1v) is 4.19. The van der Waals surface area contributed by atoms with Crippen LogP contribution in [-0.4, -0.2) is 20.7 Å². The van der Waals surface area contributed by atoms with Crippen molar-refractivity contribution in [3.05, 3.63) is 23.5 Å². The zero-order chi connectivity index (χ0) is 10.3. The van der Waals surface area contributed by atoms with Gasteiger partial charge in [0.05, 0.1) is 16.6 Å². The van der Waals surface area contributed by atoms with Crippen LogP contribution in [0.4, 0.5) is 0 Å². The standard InChI is InChI=1S/C9H10N4O/c1-5-7-6(8(10)14)3-4-11-9(7)13(2)12-5/h3-4H,1-2H3,(H2,10,14). The molecule has 0 aliphatic rings. The van der Waals surface area contributed by atoms with Gasteiger partial charge in [0, 0.05) is 13.2 Å². The van der Waals surface area contributed by atoms with Gasteiger partial charge in [0.1, 0.15) is 0 Å². The first-order chi connectivity index (χ1) is 6.61. The zero-order valence-electron chi connectivity index (χ0n) is 7.98. The van der Waals surface area contributed by atoms with Gasteiger partial charge in [0.2, 0.25) is 5.91 Å². The fourth-order valence-electron chi connectivity index (χ4n) is 1.58. The number of hydrogen-bond donors (Lipinski definition) is 1. The van der Waals surface area contributed by atoms with Crippen LogP contribution in [0, 0.1) is 6.92 Å². The zero-order valence-corrected chi connectivity index (χ0v) is 7.98. The Bertz CT molecular complexity index is 515. The fourth-order valence-corrected chi connectivity index (χ4v) is 1.58. The molecule has 2 N–H and O–H groups in total. The lowest BCUT2D eigenvalue weighted by molar-refractivity contribution is 0.100. The third kappa shape index (κ3) is 1.06. The summed E-state index contributed by atoms with van der Waals surface area (Å²) in [6.07, 6.45) is 1.56. The number of pyridine rings is 1. The smallest absolute Gasteiger partial charge is 0.249 e. The number of carbonyl (C=O) groups is 1. The van der Waals surface area contributed by atoms with Crippen molar-refractivity contribution in [1.82, 2.24) is 14.8 Å². The Morgan fingerprint density at radius 1 is 1.57 bits per heavy atom. The molecule has 0 aromatic carbocycles. The SMILES string of the molecule is Cc1nn(C)c2nccc(C(N)=O)c12. The quantitative estimate of drug-likeness (QED) is 0.706. The Morgan fingerprint density at radius 2 is 2.29 bits per heavy atom. The van der Waals surface area contributed by atoms with E-state index in [1.807, 2.05) is 6.92 Å². The lowest BCUT2D eigenvalue weighted by Crippen LogP contribution is -2.11. The highest BCUT2D eigenvalue weighted by Gasteiger charge is 2.13. The van der Waals surface area contributed by atoms with Gasteiger partial charge in [-0.3, -0.25) is 9.48 Å². The number of nitrogens with zero attached hydrogens (tertiary/aromatic N) is 3. The summed E-state index contributed by atoms with van der Waals surface area (Å²) in [6, 6.07) is 1.61. The van der Waals surface area contributed by atoms with Gasteiger partial charge in [-0.25, -0.2) is 4.98 Å². The Labute approximate surface area is 80.5 Å². The van der Waals surface area contributed by atoms with Crippen LogP contribution in [-0.2, 0) is 7.05 Å². The molecule has 2 aromatic rings. The molecule has 1 amide bonds. The molecule has 0 bridgehead atoms. The number of hydrogen-bond acceptors (Lipinski definition) is 3. The number of carbonyl (C=O) groups excluding carboxylic acids is 1. The van der Waals surface area contributed by atoms with Gasteiger partial charge in [-0.05, 0) is 13.0 Å². The van der Waals surface area contributed by atoms with E-state index >= 15 is 0 Å². The van der Waals surface area contributed by atoms with Gasteiger partial charge in [-0.15, -0.1) is 0 Å². The van der Waals surface area contributed by atoms with E-state index in [1.165, 1.54) is 0 Å². The minimum atomic E-state index is -0.450. The Balaban J connectivity index is 2.92. The summed E-state index contributed by atoms with van der Waals surface area (Å²) in [7, 11) is 1.78. The van der Waals surface area contributed by atoms with E-state index in [9.17, 15) is 4.79 Å². The molecular formula is C9H10N4O. The predicted molar refractivity (Wildman–Crippen MR) is 51.8 cm³/mol. The van der Waals surface area contributed by atoms with Crippen molar-refractivity contribution in [2.75, 3.05) is 0 Å². The molecule has 2 aromatic heterocycles. The first kappa shape index (κ1) is 8.68. The van der Waals surface area contributed by atoms with Crippen LogP contribution in [0.25, 0.3) is 11.0 Å². The van der Waals surface area contributed by atoms with Crippen LogP contribution in [0.3, 0.4) is 0 Å². The number of nitrogens with two attached hydrogens (primary N) is 1. The highest BCUT2D eigenvalue weighted by atomic mass is 16.1. The van der Waals surface area contributed by atoms with Gasteiger partial charge in [0.15, 0.2) is 5.65 Å². The molecule has 0 spiro atoms. The number of fused-ring (bicyclic) bond motifs is 1. The second-order valence-electron chi connectivity index (χ2n) is 3.13.